The molecule has 0 aliphatic heterocycles. The summed E-state index contributed by atoms with van der Waals surface area (Å²) in [4.78, 5) is 0.788. The Hall–Kier alpha value is -1.88. The molecule has 0 atom stereocenters. The molecule has 0 bridgehead atoms. The van der Waals surface area contributed by atoms with E-state index in [1.807, 2.05) is 36.4 Å². The number of rotatable bonds is 2. The molecule has 0 saturated carbocycles. The number of hydrogen-bond donors (Lipinski definition) is 0. The Bertz CT molecular complexity index is 960. The zero-order valence-corrected chi connectivity index (χ0v) is 13.4. The lowest BCUT2D eigenvalue weighted by molar-refractivity contribution is 0.586. The van der Waals surface area contributed by atoms with Gasteiger partial charge in [0.1, 0.15) is 4.88 Å². The van der Waals surface area contributed by atoms with E-state index < -0.39 is 0 Å². The van der Waals surface area contributed by atoms with Gasteiger partial charge in [-0.2, -0.15) is 0 Å². The number of halogens is 2. The van der Waals surface area contributed by atoms with Crippen LogP contribution in [-0.2, 0) is 0 Å². The summed E-state index contributed by atoms with van der Waals surface area (Å²) in [7, 11) is 0. The molecule has 108 valence electrons. The Morgan fingerprint density at radius 2 is 1.59 bits per heavy atom. The van der Waals surface area contributed by atoms with Gasteiger partial charge in [-0.1, -0.05) is 41.4 Å². The van der Waals surface area contributed by atoms with Crippen LogP contribution >= 0.6 is 34.5 Å². The number of fused-ring (bicyclic) bond motifs is 1. The first-order chi connectivity index (χ1) is 10.7. The van der Waals surface area contributed by atoms with Crippen LogP contribution in [0.1, 0.15) is 0 Å². The molecule has 0 spiro atoms. The SMILES string of the molecule is Clc1ccc(-c2nnc(-c3sc4ccccc4c3Cl)o2)cc1. The zero-order chi connectivity index (χ0) is 15.1. The fraction of sp³-hybridized carbons (Fsp3) is 0. The lowest BCUT2D eigenvalue weighted by Gasteiger charge is -1.94. The lowest BCUT2D eigenvalue weighted by atomic mass is 10.2. The second-order valence-electron chi connectivity index (χ2n) is 4.66. The highest BCUT2D eigenvalue weighted by Crippen LogP contribution is 2.41. The third-order valence-corrected chi connectivity index (χ3v) is 5.16. The summed E-state index contributed by atoms with van der Waals surface area (Å²) in [6, 6.07) is 15.2. The second kappa shape index (κ2) is 5.39. The van der Waals surface area contributed by atoms with E-state index in [4.69, 9.17) is 27.6 Å². The summed E-state index contributed by atoms with van der Waals surface area (Å²) in [5.41, 5.74) is 0.820. The summed E-state index contributed by atoms with van der Waals surface area (Å²) < 4.78 is 6.86. The largest absolute Gasteiger partial charge is 0.415 e. The molecule has 6 heteroatoms. The van der Waals surface area contributed by atoms with Crippen molar-refractivity contribution >= 4 is 44.6 Å². The molecule has 22 heavy (non-hydrogen) atoms. The van der Waals surface area contributed by atoms with E-state index in [1.54, 1.807) is 12.1 Å². The van der Waals surface area contributed by atoms with E-state index in [0.717, 1.165) is 20.5 Å². The zero-order valence-electron chi connectivity index (χ0n) is 11.1. The van der Waals surface area contributed by atoms with Crippen molar-refractivity contribution in [1.29, 1.82) is 0 Å². The minimum absolute atomic E-state index is 0.427. The molecule has 0 N–H and O–H groups in total. The smallest absolute Gasteiger partial charge is 0.259 e. The number of benzene rings is 2. The highest BCUT2D eigenvalue weighted by atomic mass is 35.5. The summed E-state index contributed by atoms with van der Waals surface area (Å²) in [5, 5.41) is 10.5. The van der Waals surface area contributed by atoms with Crippen LogP contribution in [0.4, 0.5) is 0 Å². The van der Waals surface area contributed by atoms with Gasteiger partial charge in [0.15, 0.2) is 0 Å². The fourth-order valence-corrected chi connectivity index (χ4v) is 3.74. The van der Waals surface area contributed by atoms with Gasteiger partial charge in [0.2, 0.25) is 5.89 Å². The maximum absolute atomic E-state index is 6.43. The molecular formula is C16H8Cl2N2OS. The van der Waals surface area contributed by atoms with E-state index >= 15 is 0 Å². The van der Waals surface area contributed by atoms with Crippen molar-refractivity contribution in [1.82, 2.24) is 10.2 Å². The summed E-state index contributed by atoms with van der Waals surface area (Å²) in [6.07, 6.45) is 0. The van der Waals surface area contributed by atoms with E-state index in [0.29, 0.717) is 21.8 Å². The lowest BCUT2D eigenvalue weighted by Crippen LogP contribution is -1.76. The summed E-state index contributed by atoms with van der Waals surface area (Å²) in [6.45, 7) is 0. The predicted octanol–water partition coefficient (Wildman–Crippen LogP) is 5.93. The third kappa shape index (κ3) is 2.29. The molecule has 2 heterocycles. The monoisotopic (exact) mass is 346 g/mol. The standard InChI is InChI=1S/C16H8Cl2N2OS/c17-10-7-5-9(6-8-10)15-19-20-16(21-15)14-13(18)11-3-1-2-4-12(11)22-14/h1-8H. The number of thiophene rings is 1. The van der Waals surface area contributed by atoms with Crippen molar-refractivity contribution in [3.05, 3.63) is 58.6 Å². The van der Waals surface area contributed by atoms with Gasteiger partial charge in [0, 0.05) is 20.7 Å². The van der Waals surface area contributed by atoms with Crippen LogP contribution in [0.2, 0.25) is 10.0 Å². The first-order valence-corrected chi connectivity index (χ1v) is 8.06. The Labute approximate surface area is 140 Å². The molecule has 3 nitrogen and oxygen atoms in total. The Morgan fingerprint density at radius 3 is 2.36 bits per heavy atom. The molecule has 2 aromatic heterocycles. The van der Waals surface area contributed by atoms with Crippen molar-refractivity contribution in [2.45, 2.75) is 0 Å². The Morgan fingerprint density at radius 1 is 0.864 bits per heavy atom. The van der Waals surface area contributed by atoms with Gasteiger partial charge in [0.05, 0.1) is 5.02 Å². The van der Waals surface area contributed by atoms with Gasteiger partial charge in [-0.05, 0) is 30.3 Å². The minimum atomic E-state index is 0.427. The fourth-order valence-electron chi connectivity index (χ4n) is 2.18. The van der Waals surface area contributed by atoms with Gasteiger partial charge in [-0.25, -0.2) is 0 Å². The van der Waals surface area contributed by atoms with E-state index in [2.05, 4.69) is 10.2 Å². The average molecular weight is 347 g/mol. The highest BCUT2D eigenvalue weighted by molar-refractivity contribution is 7.23. The van der Waals surface area contributed by atoms with E-state index in [1.165, 1.54) is 11.3 Å². The molecule has 0 aliphatic rings. The first-order valence-electron chi connectivity index (χ1n) is 6.49. The van der Waals surface area contributed by atoms with Gasteiger partial charge in [0.25, 0.3) is 5.89 Å². The van der Waals surface area contributed by atoms with Gasteiger partial charge in [-0.15, -0.1) is 21.5 Å². The number of nitrogens with zero attached hydrogens (tertiary/aromatic N) is 2. The quantitative estimate of drug-likeness (QED) is 0.451. The molecule has 2 aromatic carbocycles. The van der Waals surface area contributed by atoms with Crippen molar-refractivity contribution in [3.8, 4) is 22.2 Å². The topological polar surface area (TPSA) is 38.9 Å². The van der Waals surface area contributed by atoms with E-state index in [-0.39, 0.29) is 0 Å². The van der Waals surface area contributed by atoms with Crippen LogP contribution < -0.4 is 0 Å². The molecular weight excluding hydrogens is 339 g/mol. The van der Waals surface area contributed by atoms with Crippen molar-refractivity contribution in [2.75, 3.05) is 0 Å². The number of aromatic nitrogens is 2. The molecule has 0 unspecified atom stereocenters. The molecule has 0 radical (unpaired) electrons. The number of hydrogen-bond acceptors (Lipinski definition) is 4. The molecule has 0 saturated heterocycles. The molecule has 0 fully saturated rings. The highest BCUT2D eigenvalue weighted by Gasteiger charge is 2.18. The summed E-state index contributed by atoms with van der Waals surface area (Å²) >= 11 is 13.9. The average Bonchev–Trinajstić information content (AvgIpc) is 3.14. The van der Waals surface area contributed by atoms with Crippen LogP contribution in [-0.4, -0.2) is 10.2 Å². The van der Waals surface area contributed by atoms with Crippen molar-refractivity contribution in [2.24, 2.45) is 0 Å². The Balaban J connectivity index is 1.80. The van der Waals surface area contributed by atoms with Crippen molar-refractivity contribution in [3.63, 3.8) is 0 Å². The van der Waals surface area contributed by atoms with Crippen LogP contribution in [0.3, 0.4) is 0 Å². The normalized spacial score (nSPS) is 11.2. The maximum atomic E-state index is 6.43. The maximum Gasteiger partial charge on any atom is 0.259 e. The molecule has 0 aliphatic carbocycles. The second-order valence-corrected chi connectivity index (χ2v) is 6.53. The van der Waals surface area contributed by atoms with Gasteiger partial charge < -0.3 is 4.42 Å². The Kier molecular flexibility index (Phi) is 3.37. The molecule has 0 amide bonds. The van der Waals surface area contributed by atoms with Crippen LogP contribution in [0.5, 0.6) is 0 Å². The van der Waals surface area contributed by atoms with E-state index in [9.17, 15) is 0 Å². The first kappa shape index (κ1) is 13.8. The summed E-state index contributed by atoms with van der Waals surface area (Å²) in [5.74, 6) is 0.872. The van der Waals surface area contributed by atoms with Crippen LogP contribution in [0.25, 0.3) is 32.3 Å². The van der Waals surface area contributed by atoms with Crippen LogP contribution in [0, 0.1) is 0 Å². The van der Waals surface area contributed by atoms with Gasteiger partial charge in [-0.3, -0.25) is 0 Å². The van der Waals surface area contributed by atoms with Crippen molar-refractivity contribution < 1.29 is 4.42 Å². The van der Waals surface area contributed by atoms with Gasteiger partial charge >= 0.3 is 0 Å². The predicted molar refractivity (Wildman–Crippen MR) is 90.6 cm³/mol. The third-order valence-electron chi connectivity index (χ3n) is 3.25. The van der Waals surface area contributed by atoms with Crippen LogP contribution in [0.15, 0.2) is 52.9 Å². The molecule has 4 rings (SSSR count). The minimum Gasteiger partial charge on any atom is -0.415 e. The molecule has 4 aromatic rings.